The van der Waals surface area contributed by atoms with Crippen molar-refractivity contribution in [1.29, 1.82) is 0 Å². The van der Waals surface area contributed by atoms with E-state index in [4.69, 9.17) is 16.3 Å². The van der Waals surface area contributed by atoms with Crippen molar-refractivity contribution in [3.8, 4) is 0 Å². The Bertz CT molecular complexity index is 891. The molecule has 0 aliphatic carbocycles. The largest absolute Gasteiger partial charge is 0.362 e. The average Bonchev–Trinajstić information content (AvgIpc) is 3.10. The molecule has 1 aliphatic rings. The maximum Gasteiger partial charge on any atom is 0.169 e. The van der Waals surface area contributed by atoms with E-state index in [1.54, 1.807) is 6.07 Å². The topological polar surface area (TPSA) is 41.1 Å². The van der Waals surface area contributed by atoms with Gasteiger partial charge in [0.25, 0.3) is 0 Å². The molecule has 0 amide bonds. The van der Waals surface area contributed by atoms with E-state index in [2.05, 4.69) is 21.9 Å². The number of aromatic nitrogens is 2. The van der Waals surface area contributed by atoms with Crippen molar-refractivity contribution in [2.75, 3.05) is 20.1 Å². The molecule has 1 aliphatic heterocycles. The van der Waals surface area contributed by atoms with E-state index in [1.807, 2.05) is 30.3 Å². The van der Waals surface area contributed by atoms with Crippen LogP contribution < -0.4 is 0 Å². The highest BCUT2D eigenvalue weighted by Gasteiger charge is 2.26. The lowest BCUT2D eigenvalue weighted by Gasteiger charge is -2.31. The fraction of sp³-hybridized carbons (Fsp3) is 0.350. The molecule has 0 radical (unpaired) electrons. The maximum absolute atomic E-state index is 14.3. The fourth-order valence-corrected chi connectivity index (χ4v) is 3.56. The second-order valence-corrected chi connectivity index (χ2v) is 7.22. The molecule has 2 heterocycles. The number of ether oxygens (including phenoxy) is 1. The quantitative estimate of drug-likeness (QED) is 0.729. The van der Waals surface area contributed by atoms with Gasteiger partial charge in [0.15, 0.2) is 5.82 Å². The lowest BCUT2D eigenvalue weighted by Crippen LogP contribution is -2.35. The van der Waals surface area contributed by atoms with Crippen LogP contribution in [-0.4, -0.2) is 41.1 Å². The molecule has 136 valence electrons. The number of H-pyrrole nitrogens is 1. The van der Waals surface area contributed by atoms with Crippen LogP contribution in [0.15, 0.2) is 42.5 Å². The normalized spacial score (nSPS) is 17.7. The summed E-state index contributed by atoms with van der Waals surface area (Å²) in [5.41, 5.74) is 1.87. The van der Waals surface area contributed by atoms with Crippen LogP contribution in [0.3, 0.4) is 0 Å². The van der Waals surface area contributed by atoms with E-state index in [-0.39, 0.29) is 22.7 Å². The SMILES string of the molecule is CN1CCC(OC(c2ccccc2)c2nc3c(F)c(Cl)ccc3[nH]2)CC1. The second-order valence-electron chi connectivity index (χ2n) is 6.81. The van der Waals surface area contributed by atoms with Crippen LogP contribution in [0.2, 0.25) is 5.02 Å². The Labute approximate surface area is 156 Å². The standard InChI is InChI=1S/C20H21ClFN3O/c1-25-11-9-14(10-12-25)26-19(13-5-3-2-4-6-13)20-23-16-8-7-15(21)17(22)18(16)24-20/h2-8,14,19H,9-12H2,1H3,(H,23,24). The lowest BCUT2D eigenvalue weighted by atomic mass is 10.1. The third-order valence-electron chi connectivity index (χ3n) is 4.91. The van der Waals surface area contributed by atoms with Crippen molar-refractivity contribution >= 4 is 22.6 Å². The van der Waals surface area contributed by atoms with Gasteiger partial charge in [0.1, 0.15) is 17.4 Å². The van der Waals surface area contributed by atoms with Gasteiger partial charge in [-0.1, -0.05) is 41.9 Å². The van der Waals surface area contributed by atoms with E-state index in [0.717, 1.165) is 31.5 Å². The predicted molar refractivity (Wildman–Crippen MR) is 101 cm³/mol. The first-order valence-corrected chi connectivity index (χ1v) is 9.22. The molecule has 4 nitrogen and oxygen atoms in total. The van der Waals surface area contributed by atoms with Gasteiger partial charge in [0, 0.05) is 13.1 Å². The summed E-state index contributed by atoms with van der Waals surface area (Å²) < 4.78 is 20.8. The number of halogens is 2. The molecule has 0 spiro atoms. The van der Waals surface area contributed by atoms with Gasteiger partial charge in [0.2, 0.25) is 0 Å². The van der Waals surface area contributed by atoms with Crippen molar-refractivity contribution < 1.29 is 9.13 Å². The minimum absolute atomic E-state index is 0.0723. The smallest absolute Gasteiger partial charge is 0.169 e. The van der Waals surface area contributed by atoms with Gasteiger partial charge in [0.05, 0.1) is 16.6 Å². The first kappa shape index (κ1) is 17.5. The van der Waals surface area contributed by atoms with E-state index in [9.17, 15) is 4.39 Å². The number of hydrogen-bond acceptors (Lipinski definition) is 3. The molecule has 1 saturated heterocycles. The molecule has 26 heavy (non-hydrogen) atoms. The van der Waals surface area contributed by atoms with Crippen molar-refractivity contribution in [3.05, 3.63) is 64.7 Å². The van der Waals surface area contributed by atoms with Gasteiger partial charge in [-0.3, -0.25) is 0 Å². The first-order valence-electron chi connectivity index (χ1n) is 8.84. The summed E-state index contributed by atoms with van der Waals surface area (Å²) in [6, 6.07) is 13.2. The number of imidazole rings is 1. The number of hydrogen-bond donors (Lipinski definition) is 1. The maximum atomic E-state index is 14.3. The van der Waals surface area contributed by atoms with Gasteiger partial charge in [-0.2, -0.15) is 0 Å². The molecule has 1 fully saturated rings. The van der Waals surface area contributed by atoms with E-state index < -0.39 is 5.82 Å². The van der Waals surface area contributed by atoms with Gasteiger partial charge in [-0.05, 0) is 37.6 Å². The molecule has 1 N–H and O–H groups in total. The lowest BCUT2D eigenvalue weighted by molar-refractivity contribution is -0.0264. The average molecular weight is 374 g/mol. The van der Waals surface area contributed by atoms with Crippen LogP contribution in [0.4, 0.5) is 4.39 Å². The zero-order chi connectivity index (χ0) is 18.1. The zero-order valence-corrected chi connectivity index (χ0v) is 15.3. The molecule has 1 unspecified atom stereocenters. The molecular formula is C20H21ClFN3O. The number of benzene rings is 2. The van der Waals surface area contributed by atoms with Crippen LogP contribution in [0, 0.1) is 5.82 Å². The molecule has 6 heteroatoms. The van der Waals surface area contributed by atoms with Gasteiger partial charge in [-0.15, -0.1) is 0 Å². The van der Waals surface area contributed by atoms with Crippen molar-refractivity contribution in [2.24, 2.45) is 0 Å². The highest BCUT2D eigenvalue weighted by atomic mass is 35.5. The molecule has 4 rings (SSSR count). The number of aromatic amines is 1. The van der Waals surface area contributed by atoms with Crippen LogP contribution in [0.5, 0.6) is 0 Å². The Hall–Kier alpha value is -1.95. The van der Waals surface area contributed by atoms with Crippen LogP contribution in [0.1, 0.15) is 30.3 Å². The van der Waals surface area contributed by atoms with Gasteiger partial charge in [-0.25, -0.2) is 9.37 Å². The third-order valence-corrected chi connectivity index (χ3v) is 5.20. The molecule has 0 saturated carbocycles. The minimum Gasteiger partial charge on any atom is -0.362 e. The van der Waals surface area contributed by atoms with Crippen LogP contribution in [-0.2, 0) is 4.74 Å². The molecule has 1 aromatic heterocycles. The summed E-state index contributed by atoms with van der Waals surface area (Å²) >= 11 is 5.90. The van der Waals surface area contributed by atoms with Gasteiger partial charge < -0.3 is 14.6 Å². The molecule has 1 atom stereocenters. The summed E-state index contributed by atoms with van der Waals surface area (Å²) in [6.45, 7) is 2.02. The summed E-state index contributed by atoms with van der Waals surface area (Å²) in [4.78, 5) is 10.00. The number of nitrogens with one attached hydrogen (secondary N) is 1. The Kier molecular flexibility index (Phi) is 4.94. The number of piperidine rings is 1. The Balaban J connectivity index is 1.70. The van der Waals surface area contributed by atoms with E-state index in [0.29, 0.717) is 11.3 Å². The summed E-state index contributed by atoms with van der Waals surface area (Å²) in [6.07, 6.45) is 1.73. The first-order chi connectivity index (χ1) is 12.6. The Morgan fingerprint density at radius 1 is 1.19 bits per heavy atom. The number of fused-ring (bicyclic) bond motifs is 1. The summed E-state index contributed by atoms with van der Waals surface area (Å²) in [7, 11) is 2.12. The van der Waals surface area contributed by atoms with Gasteiger partial charge >= 0.3 is 0 Å². The molecule has 0 bridgehead atoms. The number of nitrogens with zero attached hydrogens (tertiary/aromatic N) is 2. The number of likely N-dealkylation sites (tertiary alicyclic amines) is 1. The van der Waals surface area contributed by atoms with Crippen LogP contribution >= 0.6 is 11.6 Å². The van der Waals surface area contributed by atoms with E-state index in [1.165, 1.54) is 6.07 Å². The van der Waals surface area contributed by atoms with Crippen molar-refractivity contribution in [3.63, 3.8) is 0 Å². The monoisotopic (exact) mass is 373 g/mol. The minimum atomic E-state index is -0.502. The summed E-state index contributed by atoms with van der Waals surface area (Å²) in [5, 5.41) is 0.0723. The molecular weight excluding hydrogens is 353 g/mol. The Morgan fingerprint density at radius 3 is 2.65 bits per heavy atom. The highest BCUT2D eigenvalue weighted by molar-refractivity contribution is 6.31. The third kappa shape index (κ3) is 3.47. The highest BCUT2D eigenvalue weighted by Crippen LogP contribution is 2.31. The molecule has 2 aromatic carbocycles. The summed E-state index contributed by atoms with van der Waals surface area (Å²) in [5.74, 6) is 0.101. The fourth-order valence-electron chi connectivity index (χ4n) is 3.40. The van der Waals surface area contributed by atoms with Crippen molar-refractivity contribution in [2.45, 2.75) is 25.0 Å². The van der Waals surface area contributed by atoms with E-state index >= 15 is 0 Å². The second kappa shape index (κ2) is 7.35. The zero-order valence-electron chi connectivity index (χ0n) is 14.6. The predicted octanol–water partition coefficient (Wildman–Crippen LogP) is 4.56. The van der Waals surface area contributed by atoms with Crippen molar-refractivity contribution in [1.82, 2.24) is 14.9 Å². The molecule has 3 aromatic rings. The number of rotatable bonds is 4. The van der Waals surface area contributed by atoms with Crippen LogP contribution in [0.25, 0.3) is 11.0 Å². The Morgan fingerprint density at radius 2 is 1.92 bits per heavy atom.